The number of piperidine rings is 1. The third kappa shape index (κ3) is 1.94. The lowest BCUT2D eigenvalue weighted by molar-refractivity contribution is 0.152. The van der Waals surface area contributed by atoms with Crippen LogP contribution >= 0.6 is 0 Å². The minimum Gasteiger partial charge on any atom is -0.317 e. The lowest BCUT2D eigenvalue weighted by Crippen LogP contribution is -2.46. The maximum atomic E-state index is 3.29. The smallest absolute Gasteiger partial charge is 0.0145 e. The Labute approximate surface area is 62.8 Å². The molecule has 3 heteroatoms. The summed E-state index contributed by atoms with van der Waals surface area (Å²) in [5, 5.41) is 5.55. The van der Waals surface area contributed by atoms with E-state index in [9.17, 15) is 0 Å². The third-order valence-electron chi connectivity index (χ3n) is 2.22. The number of rotatable bonds is 2. The fourth-order valence-electron chi connectivity index (χ4n) is 1.39. The van der Waals surface area contributed by atoms with E-state index in [0.717, 1.165) is 6.04 Å². The lowest BCUT2D eigenvalue weighted by atomic mass is 10.1. The molecule has 0 aromatic heterocycles. The maximum absolute atomic E-state index is 3.29. The van der Waals surface area contributed by atoms with Gasteiger partial charge in [0.25, 0.3) is 0 Å². The summed E-state index contributed by atoms with van der Waals surface area (Å²) in [6.45, 7) is 2.34. The molecule has 60 valence electrons. The molecule has 1 heterocycles. The summed E-state index contributed by atoms with van der Waals surface area (Å²) >= 11 is 0. The largest absolute Gasteiger partial charge is 0.317 e. The van der Waals surface area contributed by atoms with Crippen molar-refractivity contribution >= 4 is 0 Å². The molecule has 0 aliphatic carbocycles. The summed E-state index contributed by atoms with van der Waals surface area (Å²) in [6, 6.07) is 0.740. The first-order valence-electron chi connectivity index (χ1n) is 3.96. The summed E-state index contributed by atoms with van der Waals surface area (Å²) in [5.74, 6) is 0. The van der Waals surface area contributed by atoms with Crippen molar-refractivity contribution in [3.05, 3.63) is 0 Å². The summed E-state index contributed by atoms with van der Waals surface area (Å²) in [4.78, 5) is 0. The van der Waals surface area contributed by atoms with E-state index < -0.39 is 0 Å². The lowest BCUT2D eigenvalue weighted by Gasteiger charge is -2.30. The Morgan fingerprint density at radius 3 is 2.20 bits per heavy atom. The van der Waals surface area contributed by atoms with Crippen molar-refractivity contribution in [2.45, 2.75) is 18.9 Å². The van der Waals surface area contributed by atoms with Gasteiger partial charge in [-0.2, -0.15) is 0 Å². The summed E-state index contributed by atoms with van der Waals surface area (Å²) in [6.07, 6.45) is 2.52. The Balaban J connectivity index is 2.17. The van der Waals surface area contributed by atoms with Crippen molar-refractivity contribution in [1.29, 1.82) is 0 Å². The van der Waals surface area contributed by atoms with E-state index >= 15 is 0 Å². The highest BCUT2D eigenvalue weighted by Crippen LogP contribution is 2.06. The fourth-order valence-corrected chi connectivity index (χ4v) is 1.39. The van der Waals surface area contributed by atoms with E-state index in [1.165, 1.54) is 25.9 Å². The van der Waals surface area contributed by atoms with Crippen molar-refractivity contribution in [3.63, 3.8) is 0 Å². The van der Waals surface area contributed by atoms with Crippen molar-refractivity contribution in [3.8, 4) is 0 Å². The number of hydrazine groups is 1. The Kier molecular flexibility index (Phi) is 3.12. The summed E-state index contributed by atoms with van der Waals surface area (Å²) in [7, 11) is 4.03. The second-order valence-electron chi connectivity index (χ2n) is 2.77. The van der Waals surface area contributed by atoms with E-state index in [-0.39, 0.29) is 0 Å². The monoisotopic (exact) mass is 143 g/mol. The van der Waals surface area contributed by atoms with Crippen LogP contribution in [-0.2, 0) is 0 Å². The molecule has 0 aromatic rings. The molecule has 0 radical (unpaired) electrons. The molecular formula is C7H17N3. The zero-order chi connectivity index (χ0) is 7.40. The van der Waals surface area contributed by atoms with Gasteiger partial charge in [0.05, 0.1) is 0 Å². The Bertz CT molecular complexity index is 74.9. The standard InChI is InChI=1S/C7H17N3/c1-8-7-3-5-10(9-2)6-4-7/h7-9H,3-6H2,1-2H3. The van der Waals surface area contributed by atoms with Gasteiger partial charge in [-0.15, -0.1) is 0 Å². The summed E-state index contributed by atoms with van der Waals surface area (Å²) in [5.41, 5.74) is 3.15. The van der Waals surface area contributed by atoms with Crippen LogP contribution in [0.25, 0.3) is 0 Å². The van der Waals surface area contributed by atoms with Crippen LogP contribution in [0.15, 0.2) is 0 Å². The van der Waals surface area contributed by atoms with Gasteiger partial charge in [-0.3, -0.25) is 5.43 Å². The molecular weight excluding hydrogens is 126 g/mol. The molecule has 1 fully saturated rings. The van der Waals surface area contributed by atoms with Crippen molar-refractivity contribution < 1.29 is 0 Å². The van der Waals surface area contributed by atoms with Crippen molar-refractivity contribution in [2.75, 3.05) is 27.2 Å². The quantitative estimate of drug-likeness (QED) is 0.561. The second-order valence-corrected chi connectivity index (χ2v) is 2.77. The highest BCUT2D eigenvalue weighted by atomic mass is 15.5. The normalized spacial score (nSPS) is 23.4. The molecule has 0 aromatic carbocycles. The molecule has 0 saturated carbocycles. The highest BCUT2D eigenvalue weighted by molar-refractivity contribution is 4.73. The molecule has 0 atom stereocenters. The highest BCUT2D eigenvalue weighted by Gasteiger charge is 2.15. The van der Waals surface area contributed by atoms with Gasteiger partial charge in [0.15, 0.2) is 0 Å². The van der Waals surface area contributed by atoms with Crippen LogP contribution in [0.3, 0.4) is 0 Å². The molecule has 0 spiro atoms. The molecule has 1 rings (SSSR count). The Hall–Kier alpha value is -0.120. The Morgan fingerprint density at radius 1 is 1.20 bits per heavy atom. The van der Waals surface area contributed by atoms with Crippen LogP contribution in [0.5, 0.6) is 0 Å². The van der Waals surface area contributed by atoms with E-state index in [1.54, 1.807) is 0 Å². The van der Waals surface area contributed by atoms with Gasteiger partial charge in [-0.05, 0) is 26.9 Å². The van der Waals surface area contributed by atoms with Crippen LogP contribution in [-0.4, -0.2) is 38.2 Å². The van der Waals surface area contributed by atoms with Crippen LogP contribution < -0.4 is 10.7 Å². The van der Waals surface area contributed by atoms with Crippen molar-refractivity contribution in [2.24, 2.45) is 0 Å². The predicted octanol–water partition coefficient (Wildman–Crippen LogP) is -0.195. The minimum atomic E-state index is 0.740. The van der Waals surface area contributed by atoms with Gasteiger partial charge in [0, 0.05) is 19.1 Å². The molecule has 1 saturated heterocycles. The van der Waals surface area contributed by atoms with Gasteiger partial charge in [-0.1, -0.05) is 0 Å². The van der Waals surface area contributed by atoms with Gasteiger partial charge in [0.2, 0.25) is 0 Å². The average molecular weight is 143 g/mol. The molecule has 3 nitrogen and oxygen atoms in total. The van der Waals surface area contributed by atoms with Gasteiger partial charge >= 0.3 is 0 Å². The molecule has 10 heavy (non-hydrogen) atoms. The molecule has 0 amide bonds. The number of hydrogen-bond donors (Lipinski definition) is 2. The zero-order valence-electron chi connectivity index (χ0n) is 6.85. The second kappa shape index (κ2) is 3.91. The first kappa shape index (κ1) is 7.98. The zero-order valence-corrected chi connectivity index (χ0v) is 6.85. The van der Waals surface area contributed by atoms with Gasteiger partial charge < -0.3 is 5.32 Å². The molecule has 0 unspecified atom stereocenters. The van der Waals surface area contributed by atoms with Crippen LogP contribution in [0, 0.1) is 0 Å². The molecule has 1 aliphatic rings. The van der Waals surface area contributed by atoms with E-state index in [4.69, 9.17) is 0 Å². The first-order valence-corrected chi connectivity index (χ1v) is 3.96. The minimum absolute atomic E-state index is 0.740. The van der Waals surface area contributed by atoms with Crippen LogP contribution in [0.2, 0.25) is 0 Å². The van der Waals surface area contributed by atoms with Gasteiger partial charge in [-0.25, -0.2) is 5.01 Å². The number of nitrogens with zero attached hydrogens (tertiary/aromatic N) is 1. The van der Waals surface area contributed by atoms with Crippen LogP contribution in [0.1, 0.15) is 12.8 Å². The van der Waals surface area contributed by atoms with E-state index in [2.05, 4.69) is 15.8 Å². The SMILES string of the molecule is CNC1CCN(NC)CC1. The first-order chi connectivity index (χ1) is 4.86. The van der Waals surface area contributed by atoms with E-state index in [1.807, 2.05) is 14.1 Å². The topological polar surface area (TPSA) is 27.3 Å². The summed E-state index contributed by atoms with van der Waals surface area (Å²) < 4.78 is 0. The Morgan fingerprint density at radius 2 is 1.80 bits per heavy atom. The number of hydrogen-bond acceptors (Lipinski definition) is 3. The molecule has 1 aliphatic heterocycles. The van der Waals surface area contributed by atoms with Crippen molar-refractivity contribution in [1.82, 2.24) is 15.8 Å². The third-order valence-corrected chi connectivity index (χ3v) is 2.22. The average Bonchev–Trinajstić information content (AvgIpc) is 2.05. The van der Waals surface area contributed by atoms with E-state index in [0.29, 0.717) is 0 Å². The molecule has 0 bridgehead atoms. The fraction of sp³-hybridized carbons (Fsp3) is 1.00. The maximum Gasteiger partial charge on any atom is 0.0145 e. The molecule has 2 N–H and O–H groups in total. The number of nitrogens with one attached hydrogen (secondary N) is 2. The van der Waals surface area contributed by atoms with Crippen LogP contribution in [0.4, 0.5) is 0 Å². The predicted molar refractivity (Wildman–Crippen MR) is 42.7 cm³/mol. The van der Waals surface area contributed by atoms with Gasteiger partial charge in [0.1, 0.15) is 0 Å².